The van der Waals surface area contributed by atoms with Crippen molar-refractivity contribution in [2.75, 3.05) is 13.1 Å². The van der Waals surface area contributed by atoms with Gasteiger partial charge in [0, 0.05) is 50.8 Å². The molecule has 1 aliphatic rings. The van der Waals surface area contributed by atoms with Crippen LogP contribution in [0.25, 0.3) is 11.4 Å². The first kappa shape index (κ1) is 18.9. The Morgan fingerprint density at radius 1 is 1.14 bits per heavy atom. The summed E-state index contributed by atoms with van der Waals surface area (Å²) in [6, 6.07) is 9.72. The zero-order chi connectivity index (χ0) is 20.4. The van der Waals surface area contributed by atoms with Crippen LogP contribution in [0.2, 0.25) is 0 Å². The molecule has 8 heteroatoms. The van der Waals surface area contributed by atoms with Crippen LogP contribution in [0.1, 0.15) is 28.2 Å². The Balaban J connectivity index is 1.52. The third kappa shape index (κ3) is 3.91. The Morgan fingerprint density at radius 3 is 2.62 bits per heavy atom. The van der Waals surface area contributed by atoms with Gasteiger partial charge in [-0.15, -0.1) is 0 Å². The minimum Gasteiger partial charge on any atom is -0.364 e. The highest BCUT2D eigenvalue weighted by molar-refractivity contribution is 5.93. The van der Waals surface area contributed by atoms with Crippen LogP contribution in [0.5, 0.6) is 0 Å². The Hall–Kier alpha value is -3.42. The molecule has 0 unspecified atom stereocenters. The number of primary amides is 1. The number of carbonyl (C=O) groups is 2. The van der Waals surface area contributed by atoms with Crippen LogP contribution in [0.15, 0.2) is 42.7 Å². The molecule has 0 fully saturated rings. The first-order chi connectivity index (χ1) is 14.0. The summed E-state index contributed by atoms with van der Waals surface area (Å²) in [5, 5.41) is 4.23. The van der Waals surface area contributed by atoms with Crippen molar-refractivity contribution < 1.29 is 9.59 Å². The highest BCUT2D eigenvalue weighted by atomic mass is 16.2. The summed E-state index contributed by atoms with van der Waals surface area (Å²) in [6.07, 6.45) is 4.65. The van der Waals surface area contributed by atoms with E-state index in [0.717, 1.165) is 22.6 Å². The van der Waals surface area contributed by atoms with Crippen LogP contribution in [-0.2, 0) is 24.3 Å². The molecule has 0 saturated heterocycles. The lowest BCUT2D eigenvalue weighted by Crippen LogP contribution is -2.34. The summed E-state index contributed by atoms with van der Waals surface area (Å²) in [6.45, 7) is 4.21. The highest BCUT2D eigenvalue weighted by Crippen LogP contribution is 2.25. The van der Waals surface area contributed by atoms with Crippen molar-refractivity contribution in [1.82, 2.24) is 24.2 Å². The molecule has 4 rings (SSSR count). The van der Waals surface area contributed by atoms with E-state index >= 15 is 0 Å². The van der Waals surface area contributed by atoms with Crippen molar-refractivity contribution in [2.45, 2.75) is 32.9 Å². The summed E-state index contributed by atoms with van der Waals surface area (Å²) in [5.74, 6) is 0.263. The molecule has 0 radical (unpaired) electrons. The van der Waals surface area contributed by atoms with Gasteiger partial charge in [-0.1, -0.05) is 30.3 Å². The number of imidazole rings is 1. The van der Waals surface area contributed by atoms with Gasteiger partial charge in [0.15, 0.2) is 0 Å². The molecule has 2 aromatic heterocycles. The molecule has 1 aromatic carbocycles. The number of carbonyl (C=O) groups excluding carboxylic acids is 2. The van der Waals surface area contributed by atoms with Crippen molar-refractivity contribution >= 4 is 11.8 Å². The van der Waals surface area contributed by atoms with E-state index in [0.29, 0.717) is 44.7 Å². The summed E-state index contributed by atoms with van der Waals surface area (Å²) in [5.41, 5.74) is 8.68. The Labute approximate surface area is 168 Å². The van der Waals surface area contributed by atoms with Gasteiger partial charge in [-0.2, -0.15) is 5.10 Å². The first-order valence-electron chi connectivity index (χ1n) is 9.74. The predicted molar refractivity (Wildman–Crippen MR) is 108 cm³/mol. The number of aromatic nitrogens is 4. The van der Waals surface area contributed by atoms with E-state index in [1.165, 1.54) is 0 Å². The molecule has 0 aliphatic carbocycles. The molecule has 0 spiro atoms. The third-order valence-corrected chi connectivity index (χ3v) is 5.22. The van der Waals surface area contributed by atoms with E-state index in [4.69, 9.17) is 5.73 Å². The topological polar surface area (TPSA) is 99.0 Å². The van der Waals surface area contributed by atoms with Crippen molar-refractivity contribution in [3.63, 3.8) is 0 Å². The van der Waals surface area contributed by atoms with Gasteiger partial charge >= 0.3 is 0 Å². The van der Waals surface area contributed by atoms with Crippen LogP contribution in [0.4, 0.5) is 0 Å². The van der Waals surface area contributed by atoms with Crippen LogP contribution >= 0.6 is 0 Å². The second kappa shape index (κ2) is 7.90. The van der Waals surface area contributed by atoms with E-state index in [1.807, 2.05) is 52.9 Å². The van der Waals surface area contributed by atoms with E-state index in [-0.39, 0.29) is 5.91 Å². The molecular formula is C21H24N6O2. The number of hydrogen-bond donors (Lipinski definition) is 1. The molecule has 2 N–H and O–H groups in total. The fourth-order valence-electron chi connectivity index (χ4n) is 3.77. The summed E-state index contributed by atoms with van der Waals surface area (Å²) >= 11 is 0. The molecule has 8 nitrogen and oxygen atoms in total. The van der Waals surface area contributed by atoms with E-state index in [2.05, 4.69) is 10.1 Å². The van der Waals surface area contributed by atoms with Gasteiger partial charge in [-0.3, -0.25) is 14.3 Å². The highest BCUT2D eigenvalue weighted by Gasteiger charge is 2.26. The van der Waals surface area contributed by atoms with Gasteiger partial charge in [0.05, 0.1) is 11.9 Å². The minimum atomic E-state index is -0.537. The maximum atomic E-state index is 12.7. The second-order valence-electron chi connectivity index (χ2n) is 7.27. The van der Waals surface area contributed by atoms with Crippen LogP contribution in [0, 0.1) is 6.92 Å². The minimum absolute atomic E-state index is 0.0822. The molecule has 1 aliphatic heterocycles. The molecule has 150 valence electrons. The zero-order valence-electron chi connectivity index (χ0n) is 16.4. The fraction of sp³-hybridized carbons (Fsp3) is 0.333. The molecular weight excluding hydrogens is 368 g/mol. The number of nitrogens with two attached hydrogens (primary N) is 1. The predicted octanol–water partition coefficient (Wildman–Crippen LogP) is 1.63. The fourth-order valence-corrected chi connectivity index (χ4v) is 3.77. The lowest BCUT2D eigenvalue weighted by Gasteiger charge is -2.20. The number of benzene rings is 1. The Morgan fingerprint density at radius 2 is 1.93 bits per heavy atom. The standard InChI is InChI=1S/C21H24N6O2/c1-15-13-23-26(14-15)10-8-18(28)25-9-7-17-19(20(22)29)24-21(27(17)12-11-25)16-5-3-2-4-6-16/h2-6,13-14H,7-12H2,1H3,(H2,22,29). The lowest BCUT2D eigenvalue weighted by atomic mass is 10.2. The van der Waals surface area contributed by atoms with Gasteiger partial charge in [0.2, 0.25) is 5.91 Å². The average molecular weight is 392 g/mol. The van der Waals surface area contributed by atoms with Gasteiger partial charge in [0.25, 0.3) is 5.91 Å². The number of aryl methyl sites for hydroxylation is 2. The molecule has 29 heavy (non-hydrogen) atoms. The summed E-state index contributed by atoms with van der Waals surface area (Å²) < 4.78 is 3.82. The largest absolute Gasteiger partial charge is 0.364 e. The van der Waals surface area contributed by atoms with Crippen molar-refractivity contribution in [3.8, 4) is 11.4 Å². The maximum Gasteiger partial charge on any atom is 0.269 e. The first-order valence-corrected chi connectivity index (χ1v) is 9.74. The summed E-state index contributed by atoms with van der Waals surface area (Å²) in [4.78, 5) is 31.1. The van der Waals surface area contributed by atoms with Gasteiger partial charge in [-0.25, -0.2) is 4.98 Å². The van der Waals surface area contributed by atoms with Crippen LogP contribution in [-0.4, -0.2) is 49.1 Å². The van der Waals surface area contributed by atoms with Crippen molar-refractivity contribution in [1.29, 1.82) is 0 Å². The average Bonchev–Trinajstić information content (AvgIpc) is 3.23. The number of amides is 2. The van der Waals surface area contributed by atoms with Crippen LogP contribution in [0.3, 0.4) is 0 Å². The van der Waals surface area contributed by atoms with E-state index < -0.39 is 5.91 Å². The van der Waals surface area contributed by atoms with Gasteiger partial charge < -0.3 is 15.2 Å². The van der Waals surface area contributed by atoms with Crippen molar-refractivity contribution in [2.24, 2.45) is 5.73 Å². The van der Waals surface area contributed by atoms with Gasteiger partial charge in [-0.05, 0) is 12.5 Å². The molecule has 0 saturated carbocycles. The van der Waals surface area contributed by atoms with E-state index in [1.54, 1.807) is 10.9 Å². The molecule has 0 atom stereocenters. The smallest absolute Gasteiger partial charge is 0.269 e. The molecule has 3 aromatic rings. The molecule has 0 bridgehead atoms. The third-order valence-electron chi connectivity index (χ3n) is 5.22. The van der Waals surface area contributed by atoms with Gasteiger partial charge in [0.1, 0.15) is 11.5 Å². The lowest BCUT2D eigenvalue weighted by molar-refractivity contribution is -0.131. The zero-order valence-corrected chi connectivity index (χ0v) is 16.4. The SMILES string of the molecule is Cc1cnn(CCC(=O)N2CCc3c(C(N)=O)nc(-c4ccccc4)n3CC2)c1. The molecule has 2 amide bonds. The summed E-state index contributed by atoms with van der Waals surface area (Å²) in [7, 11) is 0. The van der Waals surface area contributed by atoms with Crippen molar-refractivity contribution in [3.05, 3.63) is 59.7 Å². The normalized spacial score (nSPS) is 13.8. The van der Waals surface area contributed by atoms with Crippen LogP contribution < -0.4 is 5.73 Å². The molecule has 3 heterocycles. The number of fused-ring (bicyclic) bond motifs is 1. The Kier molecular flexibility index (Phi) is 5.16. The van der Waals surface area contributed by atoms with E-state index in [9.17, 15) is 9.59 Å². The second-order valence-corrected chi connectivity index (χ2v) is 7.27. The number of rotatable bonds is 5. The quantitative estimate of drug-likeness (QED) is 0.713. The number of hydrogen-bond acceptors (Lipinski definition) is 4. The monoisotopic (exact) mass is 392 g/mol. The Bertz CT molecular complexity index is 1040. The number of nitrogens with zero attached hydrogens (tertiary/aromatic N) is 5. The maximum absolute atomic E-state index is 12.7.